The normalized spacial score (nSPS) is 12.6. The van der Waals surface area contributed by atoms with E-state index < -0.39 is 12.1 Å². The Kier molecular flexibility index (Phi) is 3.29. The lowest BCUT2D eigenvalue weighted by Crippen LogP contribution is -2.12. The van der Waals surface area contributed by atoms with Gasteiger partial charge in [0.2, 0.25) is 0 Å². The van der Waals surface area contributed by atoms with E-state index >= 15 is 0 Å². The summed E-state index contributed by atoms with van der Waals surface area (Å²) in [7, 11) is 0. The van der Waals surface area contributed by atoms with E-state index in [2.05, 4.69) is 15.9 Å². The van der Waals surface area contributed by atoms with Crippen molar-refractivity contribution in [3.8, 4) is 0 Å². The second kappa shape index (κ2) is 4.11. The Morgan fingerprint density at radius 1 is 1.43 bits per heavy atom. The number of carboxylic acid groups (broad SMARTS) is 1. The van der Waals surface area contributed by atoms with Crippen molar-refractivity contribution in [3.63, 3.8) is 0 Å². The van der Waals surface area contributed by atoms with Crippen LogP contribution in [0.5, 0.6) is 0 Å². The minimum absolute atomic E-state index is 0.435. The van der Waals surface area contributed by atoms with Gasteiger partial charge < -0.3 is 10.2 Å². The van der Waals surface area contributed by atoms with Crippen LogP contribution in [0.4, 0.5) is 0 Å². The summed E-state index contributed by atoms with van der Waals surface area (Å²) in [6, 6.07) is 3.51. The van der Waals surface area contributed by atoms with Gasteiger partial charge in [-0.05, 0) is 42.7 Å². The number of halogens is 1. The fourth-order valence-electron chi connectivity index (χ4n) is 1.26. The van der Waals surface area contributed by atoms with E-state index in [-0.39, 0.29) is 0 Å². The smallest absolute Gasteiger partial charge is 0.337 e. The van der Waals surface area contributed by atoms with Crippen molar-refractivity contribution in [1.29, 1.82) is 0 Å². The molecule has 0 saturated heterocycles. The van der Waals surface area contributed by atoms with Gasteiger partial charge in [-0.2, -0.15) is 0 Å². The van der Waals surface area contributed by atoms with E-state index in [1.54, 1.807) is 13.0 Å². The third kappa shape index (κ3) is 2.13. The lowest BCUT2D eigenvalue weighted by atomic mass is 9.99. The Hall–Kier alpha value is -0.870. The largest absolute Gasteiger partial charge is 0.479 e. The Labute approximate surface area is 90.5 Å². The first-order valence-electron chi connectivity index (χ1n) is 4.11. The minimum atomic E-state index is -1.45. The van der Waals surface area contributed by atoms with Crippen molar-refractivity contribution in [2.75, 3.05) is 0 Å². The highest BCUT2D eigenvalue weighted by molar-refractivity contribution is 9.10. The zero-order valence-electron chi connectivity index (χ0n) is 7.91. The number of hydrogen-bond acceptors (Lipinski definition) is 2. The Balaban J connectivity index is 3.26. The summed E-state index contributed by atoms with van der Waals surface area (Å²) in [5.74, 6) is -1.23. The lowest BCUT2D eigenvalue weighted by molar-refractivity contribution is -0.147. The van der Waals surface area contributed by atoms with E-state index in [1.165, 1.54) is 0 Å². The topological polar surface area (TPSA) is 57.5 Å². The summed E-state index contributed by atoms with van der Waals surface area (Å²) in [6.45, 7) is 3.67. The molecular formula is C10H11BrO3. The molecule has 0 spiro atoms. The van der Waals surface area contributed by atoms with Crippen molar-refractivity contribution in [1.82, 2.24) is 0 Å². The molecule has 0 heterocycles. The van der Waals surface area contributed by atoms with Gasteiger partial charge in [0.15, 0.2) is 6.10 Å². The van der Waals surface area contributed by atoms with Crippen LogP contribution in [0.15, 0.2) is 16.6 Å². The molecule has 0 aliphatic heterocycles. The van der Waals surface area contributed by atoms with Gasteiger partial charge in [-0.15, -0.1) is 0 Å². The number of aryl methyl sites for hydroxylation is 1. The monoisotopic (exact) mass is 258 g/mol. The van der Waals surface area contributed by atoms with Gasteiger partial charge in [-0.1, -0.05) is 15.9 Å². The number of aliphatic hydroxyl groups excluding tert-OH is 1. The van der Waals surface area contributed by atoms with Gasteiger partial charge in [-0.25, -0.2) is 4.79 Å². The highest BCUT2D eigenvalue weighted by Crippen LogP contribution is 2.25. The molecule has 0 radical (unpaired) electrons. The molecule has 0 aliphatic carbocycles. The zero-order chi connectivity index (χ0) is 10.9. The van der Waals surface area contributed by atoms with Crippen LogP contribution in [0.25, 0.3) is 0 Å². The fourth-order valence-corrected chi connectivity index (χ4v) is 1.85. The van der Waals surface area contributed by atoms with Crippen LogP contribution in [0.3, 0.4) is 0 Å². The first kappa shape index (κ1) is 11.2. The highest BCUT2D eigenvalue weighted by atomic mass is 79.9. The first-order chi connectivity index (χ1) is 6.43. The van der Waals surface area contributed by atoms with Crippen LogP contribution < -0.4 is 0 Å². The molecule has 0 bridgehead atoms. The van der Waals surface area contributed by atoms with Crippen molar-refractivity contribution in [2.45, 2.75) is 20.0 Å². The third-order valence-electron chi connectivity index (χ3n) is 2.20. The number of benzene rings is 1. The van der Waals surface area contributed by atoms with E-state index in [4.69, 9.17) is 5.11 Å². The average Bonchev–Trinajstić information content (AvgIpc) is 2.09. The molecule has 1 unspecified atom stereocenters. The third-order valence-corrected chi connectivity index (χ3v) is 2.66. The molecule has 0 saturated carbocycles. The zero-order valence-corrected chi connectivity index (χ0v) is 9.50. The van der Waals surface area contributed by atoms with Gasteiger partial charge >= 0.3 is 5.97 Å². The minimum Gasteiger partial charge on any atom is -0.479 e. The van der Waals surface area contributed by atoms with Crippen LogP contribution in [0, 0.1) is 13.8 Å². The summed E-state index contributed by atoms with van der Waals surface area (Å²) in [6.07, 6.45) is -1.45. The van der Waals surface area contributed by atoms with E-state index in [1.807, 2.05) is 13.0 Å². The molecule has 1 aromatic carbocycles. The van der Waals surface area contributed by atoms with Crippen LogP contribution >= 0.6 is 15.9 Å². The summed E-state index contributed by atoms with van der Waals surface area (Å²) in [5, 5.41) is 18.1. The van der Waals surface area contributed by atoms with Crippen LogP contribution in [-0.4, -0.2) is 16.2 Å². The maximum absolute atomic E-state index is 10.6. The van der Waals surface area contributed by atoms with Crippen molar-refractivity contribution in [2.24, 2.45) is 0 Å². The molecule has 1 aromatic rings. The van der Waals surface area contributed by atoms with Crippen molar-refractivity contribution < 1.29 is 15.0 Å². The average molecular weight is 259 g/mol. The Morgan fingerprint density at radius 3 is 2.50 bits per heavy atom. The Morgan fingerprint density at radius 2 is 2.00 bits per heavy atom. The molecule has 0 aromatic heterocycles. The summed E-state index contributed by atoms with van der Waals surface area (Å²) in [5.41, 5.74) is 2.20. The van der Waals surface area contributed by atoms with E-state index in [0.717, 1.165) is 15.6 Å². The maximum Gasteiger partial charge on any atom is 0.337 e. The summed E-state index contributed by atoms with van der Waals surface area (Å²) >= 11 is 3.26. The molecule has 4 heteroatoms. The predicted octanol–water partition coefficient (Wildman–Crippen LogP) is 2.18. The molecule has 0 aliphatic rings. The molecule has 0 amide bonds. The number of carbonyl (C=O) groups is 1. The molecule has 76 valence electrons. The lowest BCUT2D eigenvalue weighted by Gasteiger charge is -2.12. The maximum atomic E-state index is 10.6. The molecule has 3 nitrogen and oxygen atoms in total. The molecule has 1 atom stereocenters. The van der Waals surface area contributed by atoms with Crippen molar-refractivity contribution >= 4 is 21.9 Å². The van der Waals surface area contributed by atoms with Crippen molar-refractivity contribution in [3.05, 3.63) is 33.3 Å². The quantitative estimate of drug-likeness (QED) is 0.855. The number of hydrogen-bond donors (Lipinski definition) is 2. The number of rotatable bonds is 2. The standard InChI is InChI=1S/C10H11BrO3/c1-5-3-7(11)4-8(6(5)2)9(12)10(13)14/h3-4,9,12H,1-2H3,(H,13,14). The van der Waals surface area contributed by atoms with Gasteiger partial charge in [0.1, 0.15) is 0 Å². The SMILES string of the molecule is Cc1cc(Br)cc(C(O)C(=O)O)c1C. The van der Waals surface area contributed by atoms with Gasteiger partial charge in [-0.3, -0.25) is 0 Å². The van der Waals surface area contributed by atoms with Gasteiger partial charge in [0.05, 0.1) is 0 Å². The summed E-state index contributed by atoms with van der Waals surface area (Å²) in [4.78, 5) is 10.6. The molecule has 14 heavy (non-hydrogen) atoms. The van der Waals surface area contributed by atoms with Crippen LogP contribution in [-0.2, 0) is 4.79 Å². The number of aliphatic hydroxyl groups is 1. The molecule has 2 N–H and O–H groups in total. The van der Waals surface area contributed by atoms with Crippen LogP contribution in [0.1, 0.15) is 22.8 Å². The number of carboxylic acids is 1. The Bertz CT molecular complexity index is 374. The first-order valence-corrected chi connectivity index (χ1v) is 4.90. The van der Waals surface area contributed by atoms with Gasteiger partial charge in [0, 0.05) is 4.47 Å². The number of aliphatic carboxylic acids is 1. The van der Waals surface area contributed by atoms with Gasteiger partial charge in [0.25, 0.3) is 0 Å². The predicted molar refractivity (Wildman–Crippen MR) is 56.2 cm³/mol. The molecule has 1 rings (SSSR count). The molecular weight excluding hydrogens is 248 g/mol. The second-order valence-electron chi connectivity index (χ2n) is 3.18. The second-order valence-corrected chi connectivity index (χ2v) is 4.09. The van der Waals surface area contributed by atoms with E-state index in [9.17, 15) is 9.90 Å². The molecule has 0 fully saturated rings. The van der Waals surface area contributed by atoms with Crippen LogP contribution in [0.2, 0.25) is 0 Å². The fraction of sp³-hybridized carbons (Fsp3) is 0.300. The van der Waals surface area contributed by atoms with E-state index in [0.29, 0.717) is 5.56 Å². The summed E-state index contributed by atoms with van der Waals surface area (Å²) < 4.78 is 0.774. The highest BCUT2D eigenvalue weighted by Gasteiger charge is 2.19.